The summed E-state index contributed by atoms with van der Waals surface area (Å²) in [5, 5.41) is 10.2. The van der Waals surface area contributed by atoms with E-state index >= 15 is 0 Å². The fraction of sp³-hybridized carbons (Fsp3) is 0.111. The van der Waals surface area contributed by atoms with E-state index in [1.807, 2.05) is 0 Å². The molecule has 72 heavy (non-hydrogen) atoms. The molecule has 0 aromatic heterocycles. The van der Waals surface area contributed by atoms with Crippen molar-refractivity contribution in [3.8, 4) is 77.9 Å². The SMILES string of the molecule is CCc1ccc(-c2ccc(-c3c4ccccc4c(-c4ccc5c(c4)C(C)(C)c4cc(-c6c7ccccc7c(-c7ccc8c(c7)C(C)(C)c7ccccc7-8)c7ccccc67)ccc4-5)c4ccccc34)cc2)cc1. The number of hydrogen-bond donors (Lipinski definition) is 0. The highest BCUT2D eigenvalue weighted by Crippen LogP contribution is 2.55. The molecule has 0 saturated heterocycles. The van der Waals surface area contributed by atoms with Crippen LogP contribution in [-0.4, -0.2) is 0 Å². The minimum absolute atomic E-state index is 0.0783. The molecule has 12 aromatic carbocycles. The fourth-order valence-corrected chi connectivity index (χ4v) is 13.2. The standard InChI is InChI=1S/C72H54/c1-6-44-27-29-45(30-28-44)46-31-33-47(34-32-46)67-55-18-7-9-20-57(55)68(58-21-10-8-19-56(58)67)49-36-39-53-54-40-37-50(43-66(54)72(4,5)65(53)42-49)70-61-24-13-11-22-59(61)69(60-23-12-14-25-62(60)70)48-35-38-52-51-17-15-16-26-63(51)71(2,3)64(52)41-48/h7-43H,6H2,1-5H3. The van der Waals surface area contributed by atoms with Crippen molar-refractivity contribution in [2.24, 2.45) is 0 Å². The van der Waals surface area contributed by atoms with Gasteiger partial charge in [-0.25, -0.2) is 0 Å². The van der Waals surface area contributed by atoms with Crippen molar-refractivity contribution in [1.82, 2.24) is 0 Å². The quantitative estimate of drug-likeness (QED) is 0.146. The number of fused-ring (bicyclic) bond motifs is 10. The Morgan fingerprint density at radius 2 is 0.514 bits per heavy atom. The third kappa shape index (κ3) is 6.18. The van der Waals surface area contributed by atoms with Crippen LogP contribution in [0.4, 0.5) is 0 Å². The van der Waals surface area contributed by atoms with Crippen molar-refractivity contribution in [1.29, 1.82) is 0 Å². The number of hydrogen-bond acceptors (Lipinski definition) is 0. The summed E-state index contributed by atoms with van der Waals surface area (Å²) in [6.45, 7) is 11.8. The van der Waals surface area contributed by atoms with E-state index in [2.05, 4.69) is 259 Å². The minimum atomic E-state index is -0.235. The van der Waals surface area contributed by atoms with E-state index in [-0.39, 0.29) is 10.8 Å². The fourth-order valence-electron chi connectivity index (χ4n) is 13.2. The van der Waals surface area contributed by atoms with Crippen LogP contribution in [0.2, 0.25) is 0 Å². The van der Waals surface area contributed by atoms with E-state index in [4.69, 9.17) is 0 Å². The van der Waals surface area contributed by atoms with Crippen molar-refractivity contribution in [2.45, 2.75) is 51.9 Å². The molecule has 0 spiro atoms. The maximum atomic E-state index is 2.52. The van der Waals surface area contributed by atoms with Crippen LogP contribution >= 0.6 is 0 Å². The lowest BCUT2D eigenvalue weighted by atomic mass is 9.79. The summed E-state index contributed by atoms with van der Waals surface area (Å²) in [6, 6.07) is 85.2. The van der Waals surface area contributed by atoms with Crippen LogP contribution in [-0.2, 0) is 17.3 Å². The smallest absolute Gasteiger partial charge is 0.0159 e. The van der Waals surface area contributed by atoms with Gasteiger partial charge in [0, 0.05) is 10.8 Å². The molecule has 0 heterocycles. The van der Waals surface area contributed by atoms with Gasteiger partial charge in [-0.2, -0.15) is 0 Å². The topological polar surface area (TPSA) is 0 Å². The van der Waals surface area contributed by atoms with Gasteiger partial charge >= 0.3 is 0 Å². The normalized spacial score (nSPS) is 13.9. The van der Waals surface area contributed by atoms with Crippen LogP contribution in [0, 0.1) is 0 Å². The summed E-state index contributed by atoms with van der Waals surface area (Å²) >= 11 is 0. The first-order valence-corrected chi connectivity index (χ1v) is 25.8. The molecule has 342 valence electrons. The van der Waals surface area contributed by atoms with Gasteiger partial charge < -0.3 is 0 Å². The third-order valence-electron chi connectivity index (χ3n) is 16.9. The van der Waals surface area contributed by atoms with Gasteiger partial charge in [-0.3, -0.25) is 0 Å². The molecule has 0 unspecified atom stereocenters. The van der Waals surface area contributed by atoms with Crippen molar-refractivity contribution in [3.05, 3.63) is 252 Å². The molecule has 0 bridgehead atoms. The Kier molecular flexibility index (Phi) is 9.36. The van der Waals surface area contributed by atoms with Crippen molar-refractivity contribution >= 4 is 43.1 Å². The van der Waals surface area contributed by atoms with Crippen LogP contribution in [0.3, 0.4) is 0 Å². The van der Waals surface area contributed by atoms with E-state index in [1.54, 1.807) is 0 Å². The van der Waals surface area contributed by atoms with Gasteiger partial charge in [0.15, 0.2) is 0 Å². The van der Waals surface area contributed by atoms with Crippen LogP contribution in [0.25, 0.3) is 121 Å². The highest BCUT2D eigenvalue weighted by molar-refractivity contribution is 6.23. The van der Waals surface area contributed by atoms with E-state index in [9.17, 15) is 0 Å². The van der Waals surface area contributed by atoms with E-state index in [1.165, 1.54) is 149 Å². The Labute approximate surface area is 422 Å². The van der Waals surface area contributed by atoms with Crippen LogP contribution < -0.4 is 0 Å². The summed E-state index contributed by atoms with van der Waals surface area (Å²) in [6.07, 6.45) is 1.05. The third-order valence-corrected chi connectivity index (χ3v) is 16.9. The molecule has 2 aliphatic carbocycles. The average Bonchev–Trinajstić information content (AvgIpc) is 3.79. The lowest BCUT2D eigenvalue weighted by Crippen LogP contribution is -2.15. The molecule has 0 N–H and O–H groups in total. The second-order valence-electron chi connectivity index (χ2n) is 21.4. The lowest BCUT2D eigenvalue weighted by molar-refractivity contribution is 0.660. The first-order valence-electron chi connectivity index (χ1n) is 25.8. The molecule has 0 atom stereocenters. The van der Waals surface area contributed by atoms with Gasteiger partial charge in [-0.15, -0.1) is 0 Å². The van der Waals surface area contributed by atoms with Crippen LogP contribution in [0.5, 0.6) is 0 Å². The molecule has 0 nitrogen and oxygen atoms in total. The van der Waals surface area contributed by atoms with E-state index < -0.39 is 0 Å². The maximum absolute atomic E-state index is 2.52. The Bertz CT molecular complexity index is 4100. The number of aryl methyl sites for hydroxylation is 1. The Morgan fingerprint density at radius 3 is 0.875 bits per heavy atom. The maximum Gasteiger partial charge on any atom is 0.0159 e. The van der Waals surface area contributed by atoms with E-state index in [0.29, 0.717) is 0 Å². The van der Waals surface area contributed by atoms with Gasteiger partial charge in [0.05, 0.1) is 0 Å². The monoisotopic (exact) mass is 918 g/mol. The van der Waals surface area contributed by atoms with Crippen LogP contribution in [0.1, 0.15) is 62.4 Å². The highest BCUT2D eigenvalue weighted by atomic mass is 14.4. The van der Waals surface area contributed by atoms with Gasteiger partial charge in [-0.05, 0) is 173 Å². The molecule has 0 aliphatic heterocycles. The molecular formula is C72H54. The molecule has 0 amide bonds. The van der Waals surface area contributed by atoms with Crippen molar-refractivity contribution in [3.63, 3.8) is 0 Å². The number of benzene rings is 12. The van der Waals surface area contributed by atoms with E-state index in [0.717, 1.165) is 6.42 Å². The molecule has 14 rings (SSSR count). The Balaban J connectivity index is 0.881. The summed E-state index contributed by atoms with van der Waals surface area (Å²) in [7, 11) is 0. The average molecular weight is 919 g/mol. The predicted octanol–water partition coefficient (Wildman–Crippen LogP) is 19.8. The Hall–Kier alpha value is -8.32. The molecule has 0 saturated carbocycles. The minimum Gasteiger partial charge on any atom is -0.0619 e. The van der Waals surface area contributed by atoms with Gasteiger partial charge in [-0.1, -0.05) is 241 Å². The second-order valence-corrected chi connectivity index (χ2v) is 21.4. The molecule has 0 radical (unpaired) electrons. The van der Waals surface area contributed by atoms with Gasteiger partial charge in [0.25, 0.3) is 0 Å². The number of rotatable bonds is 6. The van der Waals surface area contributed by atoms with Crippen molar-refractivity contribution in [2.75, 3.05) is 0 Å². The van der Waals surface area contributed by atoms with Crippen LogP contribution in [0.15, 0.2) is 224 Å². The largest absolute Gasteiger partial charge is 0.0619 e. The molecule has 0 heteroatoms. The molecular weight excluding hydrogens is 865 g/mol. The molecule has 2 aliphatic rings. The van der Waals surface area contributed by atoms with Crippen molar-refractivity contribution < 1.29 is 0 Å². The predicted molar refractivity (Wildman–Crippen MR) is 308 cm³/mol. The Morgan fingerprint density at radius 1 is 0.250 bits per heavy atom. The zero-order chi connectivity index (χ0) is 48.5. The lowest BCUT2D eigenvalue weighted by Gasteiger charge is -2.24. The highest BCUT2D eigenvalue weighted by Gasteiger charge is 2.38. The first-order chi connectivity index (χ1) is 35.2. The molecule has 0 fully saturated rings. The van der Waals surface area contributed by atoms with Gasteiger partial charge in [0.2, 0.25) is 0 Å². The summed E-state index contributed by atoms with van der Waals surface area (Å²) in [5.74, 6) is 0. The second kappa shape index (κ2) is 15.8. The molecule has 12 aromatic rings. The first kappa shape index (κ1) is 42.5. The zero-order valence-electron chi connectivity index (χ0n) is 41.6. The summed E-state index contributed by atoms with van der Waals surface area (Å²) in [4.78, 5) is 0. The zero-order valence-corrected chi connectivity index (χ0v) is 41.6. The summed E-state index contributed by atoms with van der Waals surface area (Å²) < 4.78 is 0. The summed E-state index contributed by atoms with van der Waals surface area (Å²) in [5.41, 5.74) is 24.7. The van der Waals surface area contributed by atoms with Gasteiger partial charge in [0.1, 0.15) is 0 Å².